The average molecular weight is 392 g/mol. The van der Waals surface area contributed by atoms with Crippen LogP contribution < -0.4 is 15.1 Å². The molecular weight excluding hydrogens is 358 g/mol. The quantitative estimate of drug-likeness (QED) is 0.836. The van der Waals surface area contributed by atoms with E-state index >= 15 is 0 Å². The second-order valence-corrected chi connectivity index (χ2v) is 8.96. The van der Waals surface area contributed by atoms with Crippen molar-refractivity contribution in [2.24, 2.45) is 11.8 Å². The van der Waals surface area contributed by atoms with Crippen molar-refractivity contribution in [3.8, 4) is 0 Å². The number of hydrogen-bond acceptors (Lipinski definition) is 3. The highest BCUT2D eigenvalue weighted by atomic mass is 16.1. The Hall–Kier alpha value is -2.49. The summed E-state index contributed by atoms with van der Waals surface area (Å²) >= 11 is 0. The van der Waals surface area contributed by atoms with Crippen molar-refractivity contribution in [1.29, 1.82) is 0 Å². The van der Waals surface area contributed by atoms with Gasteiger partial charge in [-0.25, -0.2) is 0 Å². The zero-order chi connectivity index (χ0) is 20.4. The van der Waals surface area contributed by atoms with Crippen LogP contribution in [-0.2, 0) is 11.2 Å². The fourth-order valence-corrected chi connectivity index (χ4v) is 4.66. The van der Waals surface area contributed by atoms with Crippen molar-refractivity contribution < 1.29 is 4.79 Å². The molecule has 2 aromatic carbocycles. The topological polar surface area (TPSA) is 35.6 Å². The van der Waals surface area contributed by atoms with Gasteiger partial charge in [0.25, 0.3) is 0 Å². The predicted molar refractivity (Wildman–Crippen MR) is 121 cm³/mol. The van der Waals surface area contributed by atoms with Crippen LogP contribution >= 0.6 is 0 Å². The Morgan fingerprint density at radius 3 is 2.62 bits per heavy atom. The van der Waals surface area contributed by atoms with Crippen molar-refractivity contribution >= 4 is 17.3 Å². The summed E-state index contributed by atoms with van der Waals surface area (Å²) in [6, 6.07) is 17.6. The van der Waals surface area contributed by atoms with Gasteiger partial charge in [-0.2, -0.15) is 0 Å². The van der Waals surface area contributed by atoms with Crippen molar-refractivity contribution in [3.05, 3.63) is 59.7 Å². The fraction of sp³-hybridized carbons (Fsp3) is 0.480. The number of para-hydroxylation sites is 1. The van der Waals surface area contributed by atoms with E-state index in [-0.39, 0.29) is 17.9 Å². The number of benzene rings is 2. The molecule has 2 aromatic rings. The molecule has 4 rings (SSSR count). The van der Waals surface area contributed by atoms with E-state index in [2.05, 4.69) is 84.4 Å². The van der Waals surface area contributed by atoms with Crippen molar-refractivity contribution in [1.82, 2.24) is 5.32 Å². The van der Waals surface area contributed by atoms with Gasteiger partial charge in [0.1, 0.15) is 0 Å². The van der Waals surface area contributed by atoms with Gasteiger partial charge in [-0.3, -0.25) is 4.79 Å². The first-order chi connectivity index (χ1) is 14.0. The molecule has 1 amide bonds. The Labute approximate surface area is 174 Å². The summed E-state index contributed by atoms with van der Waals surface area (Å²) in [5.74, 6) is 0.803. The maximum atomic E-state index is 13.2. The Balaban J connectivity index is 1.57. The molecule has 29 heavy (non-hydrogen) atoms. The Morgan fingerprint density at radius 2 is 1.86 bits per heavy atom. The van der Waals surface area contributed by atoms with E-state index in [1.807, 2.05) is 0 Å². The minimum absolute atomic E-state index is 0.00897. The number of hydrogen-bond donors (Lipinski definition) is 1. The molecular formula is C25H33N3O. The van der Waals surface area contributed by atoms with Gasteiger partial charge < -0.3 is 15.1 Å². The van der Waals surface area contributed by atoms with Crippen LogP contribution in [0.15, 0.2) is 48.5 Å². The minimum Gasteiger partial charge on any atom is -0.368 e. The van der Waals surface area contributed by atoms with Crippen LogP contribution in [0.2, 0.25) is 0 Å². The Morgan fingerprint density at radius 1 is 1.10 bits per heavy atom. The summed E-state index contributed by atoms with van der Waals surface area (Å²) in [6.45, 7) is 10.1. The third-order valence-electron chi connectivity index (χ3n) is 6.38. The monoisotopic (exact) mass is 391 g/mol. The number of anilines is 2. The number of nitrogens with one attached hydrogen (secondary N) is 1. The third-order valence-corrected chi connectivity index (χ3v) is 6.38. The number of amides is 1. The van der Waals surface area contributed by atoms with Gasteiger partial charge in [-0.1, -0.05) is 49.7 Å². The van der Waals surface area contributed by atoms with Gasteiger partial charge >= 0.3 is 0 Å². The lowest BCUT2D eigenvalue weighted by Crippen LogP contribution is -2.61. The van der Waals surface area contributed by atoms with Crippen LogP contribution in [0.3, 0.4) is 0 Å². The van der Waals surface area contributed by atoms with Crippen LogP contribution in [0.1, 0.15) is 31.4 Å². The maximum absolute atomic E-state index is 13.2. The summed E-state index contributed by atoms with van der Waals surface area (Å²) < 4.78 is 0. The molecule has 2 atom stereocenters. The lowest BCUT2D eigenvalue weighted by molar-refractivity contribution is -0.125. The molecule has 0 aliphatic carbocycles. The zero-order valence-electron chi connectivity index (χ0n) is 17.9. The number of fused-ring (bicyclic) bond motifs is 3. The largest absolute Gasteiger partial charge is 0.368 e. The molecule has 1 N–H and O–H groups in total. The first kappa shape index (κ1) is 19.8. The number of rotatable bonds is 5. The number of carbonyl (C=O) groups is 1. The summed E-state index contributed by atoms with van der Waals surface area (Å²) in [4.78, 5) is 18.1. The van der Waals surface area contributed by atoms with Gasteiger partial charge in [0.05, 0.1) is 12.0 Å². The molecule has 0 unspecified atom stereocenters. The highest BCUT2D eigenvalue weighted by Gasteiger charge is 2.41. The van der Waals surface area contributed by atoms with Crippen LogP contribution in [-0.4, -0.2) is 38.1 Å². The second kappa shape index (κ2) is 8.48. The maximum Gasteiger partial charge on any atom is 0.225 e. The number of nitrogens with zero attached hydrogens (tertiary/aromatic N) is 2. The average Bonchev–Trinajstić information content (AvgIpc) is 2.73. The molecule has 154 valence electrons. The predicted octanol–water partition coefficient (Wildman–Crippen LogP) is 4.02. The number of piperazine rings is 1. The third kappa shape index (κ3) is 4.26. The molecule has 0 radical (unpaired) electrons. The lowest BCUT2D eigenvalue weighted by atomic mass is 9.83. The summed E-state index contributed by atoms with van der Waals surface area (Å²) in [7, 11) is 0. The summed E-state index contributed by atoms with van der Waals surface area (Å²) in [5.41, 5.74) is 5.15. The van der Waals surface area contributed by atoms with Crippen molar-refractivity contribution in [3.63, 3.8) is 0 Å². The molecule has 2 aliphatic rings. The lowest BCUT2D eigenvalue weighted by Gasteiger charge is -2.49. The zero-order valence-corrected chi connectivity index (χ0v) is 17.9. The first-order valence-electron chi connectivity index (χ1n) is 11.0. The molecule has 4 nitrogen and oxygen atoms in total. The molecule has 2 aliphatic heterocycles. The van der Waals surface area contributed by atoms with Crippen molar-refractivity contribution in [2.75, 3.05) is 36.0 Å². The van der Waals surface area contributed by atoms with Crippen LogP contribution in [0.5, 0.6) is 0 Å². The molecule has 0 spiro atoms. The van der Waals surface area contributed by atoms with Crippen LogP contribution in [0.4, 0.5) is 11.4 Å². The van der Waals surface area contributed by atoms with E-state index in [1.54, 1.807) is 0 Å². The number of aryl methyl sites for hydroxylation is 1. The second-order valence-electron chi connectivity index (χ2n) is 8.96. The first-order valence-corrected chi connectivity index (χ1v) is 11.0. The van der Waals surface area contributed by atoms with E-state index in [4.69, 9.17) is 0 Å². The summed E-state index contributed by atoms with van der Waals surface area (Å²) in [5, 5.41) is 3.23. The molecule has 4 heteroatoms. The molecule has 1 fully saturated rings. The normalized spacial score (nSPS) is 21.0. The van der Waals surface area contributed by atoms with Crippen molar-refractivity contribution in [2.45, 2.75) is 39.7 Å². The van der Waals surface area contributed by atoms with E-state index in [0.717, 1.165) is 39.0 Å². The van der Waals surface area contributed by atoms with Crippen LogP contribution in [0.25, 0.3) is 0 Å². The van der Waals surface area contributed by atoms with Crippen LogP contribution in [0, 0.1) is 18.8 Å². The summed E-state index contributed by atoms with van der Waals surface area (Å²) in [6.07, 6.45) is 1.85. The van der Waals surface area contributed by atoms with E-state index in [9.17, 15) is 4.79 Å². The standard InChI is InChI=1S/C25H33N3O/c1-18(2)12-13-26-25(29)22-16-20-6-4-5-7-23(20)28-15-14-27(17-24(22)28)21-10-8-19(3)9-11-21/h4-11,18,22,24H,12-17H2,1-3H3,(H,26,29)/t22-,24+/m0/s1. The fourth-order valence-electron chi connectivity index (χ4n) is 4.66. The molecule has 1 saturated heterocycles. The van der Waals surface area contributed by atoms with Gasteiger partial charge in [0, 0.05) is 37.6 Å². The minimum atomic E-state index is -0.00897. The van der Waals surface area contributed by atoms with E-state index in [0.29, 0.717) is 5.92 Å². The molecule has 0 bridgehead atoms. The Bertz CT molecular complexity index is 845. The van der Waals surface area contributed by atoms with E-state index < -0.39 is 0 Å². The Kier molecular flexibility index (Phi) is 5.79. The smallest absolute Gasteiger partial charge is 0.225 e. The van der Waals surface area contributed by atoms with Gasteiger partial charge in [0.15, 0.2) is 0 Å². The van der Waals surface area contributed by atoms with Gasteiger partial charge in [0.2, 0.25) is 5.91 Å². The van der Waals surface area contributed by atoms with Gasteiger partial charge in [-0.15, -0.1) is 0 Å². The van der Waals surface area contributed by atoms with Gasteiger partial charge in [-0.05, 0) is 49.4 Å². The number of carbonyl (C=O) groups excluding carboxylic acids is 1. The SMILES string of the molecule is Cc1ccc(N2CCN3c4ccccc4C[C@H](C(=O)NCCC(C)C)[C@H]3C2)cc1. The molecule has 0 saturated carbocycles. The highest BCUT2D eigenvalue weighted by molar-refractivity contribution is 5.82. The van der Waals surface area contributed by atoms with E-state index in [1.165, 1.54) is 22.5 Å². The molecule has 0 aromatic heterocycles. The molecule has 2 heterocycles. The highest BCUT2D eigenvalue weighted by Crippen LogP contribution is 2.36.